The van der Waals surface area contributed by atoms with Gasteiger partial charge in [0.25, 0.3) is 0 Å². The minimum atomic E-state index is -0.738. The van der Waals surface area contributed by atoms with Gasteiger partial charge in [-0.2, -0.15) is 0 Å². The lowest BCUT2D eigenvalue weighted by Crippen LogP contribution is -2.41. The second-order valence-corrected chi connectivity index (χ2v) is 6.94. The molecule has 1 saturated heterocycles. The van der Waals surface area contributed by atoms with Crippen molar-refractivity contribution in [2.75, 3.05) is 13.3 Å². The van der Waals surface area contributed by atoms with E-state index in [1.165, 1.54) is 23.6 Å². The van der Waals surface area contributed by atoms with E-state index in [9.17, 15) is 9.90 Å². The van der Waals surface area contributed by atoms with Crippen LogP contribution in [-0.2, 0) is 16.1 Å². The number of aliphatic hydroxyl groups excluding tert-OH is 1. The minimum absolute atomic E-state index is 0.215. The van der Waals surface area contributed by atoms with Gasteiger partial charge in [-0.05, 0) is 28.8 Å². The van der Waals surface area contributed by atoms with Crippen molar-refractivity contribution in [3.63, 3.8) is 0 Å². The van der Waals surface area contributed by atoms with Crippen molar-refractivity contribution in [3.8, 4) is 11.5 Å². The molecule has 0 saturated carbocycles. The van der Waals surface area contributed by atoms with Crippen molar-refractivity contribution in [1.29, 1.82) is 0 Å². The molecule has 0 spiro atoms. The summed E-state index contributed by atoms with van der Waals surface area (Å²) in [7, 11) is 0. The number of carbonyl (C=O) groups excluding carboxylic acids is 1. The Kier molecular flexibility index (Phi) is 2.96. The molecule has 5 atom stereocenters. The first-order valence-corrected chi connectivity index (χ1v) is 8.33. The predicted molar refractivity (Wildman–Crippen MR) is 83.8 cm³/mol. The molecule has 1 aromatic rings. The van der Waals surface area contributed by atoms with Crippen molar-refractivity contribution in [3.05, 3.63) is 34.9 Å². The Balaban J connectivity index is 1.52. The van der Waals surface area contributed by atoms with Crippen LogP contribution in [0.1, 0.15) is 30.4 Å². The van der Waals surface area contributed by atoms with Gasteiger partial charge in [0.15, 0.2) is 11.5 Å². The summed E-state index contributed by atoms with van der Waals surface area (Å²) < 4.78 is 16.3. The quantitative estimate of drug-likeness (QED) is 0.619. The summed E-state index contributed by atoms with van der Waals surface area (Å²) in [6, 6.07) is 4.38. The molecule has 5 rings (SSSR count). The van der Waals surface area contributed by atoms with Crippen LogP contribution in [0.15, 0.2) is 23.8 Å². The lowest BCUT2D eigenvalue weighted by Gasteiger charge is -2.33. The molecule has 2 bridgehead atoms. The van der Waals surface area contributed by atoms with E-state index >= 15 is 0 Å². The fourth-order valence-electron chi connectivity index (χ4n) is 4.55. The van der Waals surface area contributed by atoms with Crippen molar-refractivity contribution in [2.45, 2.75) is 44.1 Å². The standard InChI is InChI=1S/C18H19NO5/c1-9(20)24-16-5-14-12(3-15(16)21)13-7-19(14)6-10-2-17-18(4-11(10)13)23-8-22-17/h2-4,13-16,21H,5-8H2,1H3. The number of benzene rings is 1. The lowest BCUT2D eigenvalue weighted by molar-refractivity contribution is -0.152. The Labute approximate surface area is 139 Å². The average molecular weight is 329 g/mol. The molecule has 6 nitrogen and oxygen atoms in total. The Morgan fingerprint density at radius 2 is 2.12 bits per heavy atom. The fourth-order valence-corrected chi connectivity index (χ4v) is 4.55. The number of aliphatic hydroxyl groups is 1. The molecule has 6 heteroatoms. The van der Waals surface area contributed by atoms with E-state index in [1.807, 2.05) is 6.08 Å². The zero-order valence-corrected chi connectivity index (χ0v) is 13.4. The van der Waals surface area contributed by atoms with Gasteiger partial charge in [0, 0.05) is 38.4 Å². The van der Waals surface area contributed by atoms with Gasteiger partial charge in [-0.25, -0.2) is 0 Å². The van der Waals surface area contributed by atoms with Crippen LogP contribution in [0.5, 0.6) is 11.5 Å². The Hall–Kier alpha value is -2.05. The van der Waals surface area contributed by atoms with Crippen LogP contribution < -0.4 is 9.47 Å². The normalized spacial score (nSPS) is 35.1. The number of carbonyl (C=O) groups is 1. The van der Waals surface area contributed by atoms with Crippen LogP contribution in [-0.4, -0.2) is 47.6 Å². The molecule has 3 heterocycles. The molecule has 1 fully saturated rings. The van der Waals surface area contributed by atoms with Gasteiger partial charge in [0.05, 0.1) is 0 Å². The molecule has 1 aliphatic carbocycles. The number of hydrogen-bond donors (Lipinski definition) is 1. The zero-order chi connectivity index (χ0) is 16.4. The highest BCUT2D eigenvalue weighted by Crippen LogP contribution is 2.49. The van der Waals surface area contributed by atoms with Crippen LogP contribution in [0.3, 0.4) is 0 Å². The molecule has 0 aromatic heterocycles. The summed E-state index contributed by atoms with van der Waals surface area (Å²) >= 11 is 0. The number of rotatable bonds is 1. The highest BCUT2D eigenvalue weighted by molar-refractivity contribution is 5.66. The van der Waals surface area contributed by atoms with Gasteiger partial charge in [-0.15, -0.1) is 0 Å². The first-order valence-electron chi connectivity index (χ1n) is 8.33. The van der Waals surface area contributed by atoms with Gasteiger partial charge >= 0.3 is 5.97 Å². The molecule has 24 heavy (non-hydrogen) atoms. The molecule has 1 N–H and O–H groups in total. The highest BCUT2D eigenvalue weighted by Gasteiger charge is 2.47. The first kappa shape index (κ1) is 14.3. The van der Waals surface area contributed by atoms with E-state index in [1.54, 1.807) is 0 Å². The summed E-state index contributed by atoms with van der Waals surface area (Å²) in [4.78, 5) is 13.7. The second kappa shape index (κ2) is 4.97. The maximum Gasteiger partial charge on any atom is 0.303 e. The maximum atomic E-state index is 11.3. The molecular weight excluding hydrogens is 310 g/mol. The van der Waals surface area contributed by atoms with Crippen LogP contribution in [0.4, 0.5) is 0 Å². The third-order valence-corrected chi connectivity index (χ3v) is 5.55. The fraction of sp³-hybridized carbons (Fsp3) is 0.500. The van der Waals surface area contributed by atoms with Crippen LogP contribution in [0.2, 0.25) is 0 Å². The Morgan fingerprint density at radius 3 is 2.92 bits per heavy atom. The van der Waals surface area contributed by atoms with E-state index in [2.05, 4.69) is 17.0 Å². The molecule has 3 aliphatic heterocycles. The highest BCUT2D eigenvalue weighted by atomic mass is 16.7. The third-order valence-electron chi connectivity index (χ3n) is 5.55. The van der Waals surface area contributed by atoms with Crippen molar-refractivity contribution < 1.29 is 24.1 Å². The second-order valence-electron chi connectivity index (χ2n) is 6.94. The third kappa shape index (κ3) is 1.99. The summed E-state index contributed by atoms with van der Waals surface area (Å²) in [5.41, 5.74) is 3.76. The Morgan fingerprint density at radius 1 is 1.33 bits per heavy atom. The van der Waals surface area contributed by atoms with E-state index in [4.69, 9.17) is 14.2 Å². The molecule has 4 aliphatic rings. The smallest absolute Gasteiger partial charge is 0.303 e. The number of hydrogen-bond acceptors (Lipinski definition) is 6. The van der Waals surface area contributed by atoms with Crippen LogP contribution in [0.25, 0.3) is 0 Å². The summed E-state index contributed by atoms with van der Waals surface area (Å²) in [6.07, 6.45) is 1.34. The molecule has 5 unspecified atom stereocenters. The van der Waals surface area contributed by atoms with E-state index < -0.39 is 12.2 Å². The molecule has 126 valence electrons. The van der Waals surface area contributed by atoms with Gasteiger partial charge in [-0.1, -0.05) is 6.08 Å². The van der Waals surface area contributed by atoms with Crippen molar-refractivity contribution in [1.82, 2.24) is 4.90 Å². The monoisotopic (exact) mass is 329 g/mol. The van der Waals surface area contributed by atoms with E-state index in [0.717, 1.165) is 24.6 Å². The number of fused-ring (bicyclic) bond motifs is 8. The number of nitrogens with zero attached hydrogens (tertiary/aromatic N) is 1. The van der Waals surface area contributed by atoms with Gasteiger partial charge in [0.1, 0.15) is 12.2 Å². The summed E-state index contributed by atoms with van der Waals surface area (Å²) in [6.45, 7) is 3.44. The molecule has 0 radical (unpaired) electrons. The van der Waals surface area contributed by atoms with Gasteiger partial charge < -0.3 is 19.3 Å². The first-order chi connectivity index (χ1) is 11.6. The van der Waals surface area contributed by atoms with Crippen molar-refractivity contribution >= 4 is 5.97 Å². The largest absolute Gasteiger partial charge is 0.459 e. The van der Waals surface area contributed by atoms with Crippen LogP contribution >= 0.6 is 0 Å². The zero-order valence-electron chi connectivity index (χ0n) is 13.4. The predicted octanol–water partition coefficient (Wildman–Crippen LogP) is 1.32. The van der Waals surface area contributed by atoms with Gasteiger partial charge in [-0.3, -0.25) is 9.69 Å². The van der Waals surface area contributed by atoms with Crippen LogP contribution in [0, 0.1) is 0 Å². The summed E-state index contributed by atoms with van der Waals surface area (Å²) in [5, 5.41) is 10.4. The van der Waals surface area contributed by atoms with E-state index in [0.29, 0.717) is 6.42 Å². The molecule has 0 amide bonds. The average Bonchev–Trinajstić information content (AvgIpc) is 3.10. The number of esters is 1. The van der Waals surface area contributed by atoms with E-state index in [-0.39, 0.29) is 24.7 Å². The van der Waals surface area contributed by atoms with Gasteiger partial charge in [0.2, 0.25) is 6.79 Å². The van der Waals surface area contributed by atoms with Crippen molar-refractivity contribution in [2.24, 2.45) is 0 Å². The Bertz CT molecular complexity index is 758. The topological polar surface area (TPSA) is 68.2 Å². The number of ether oxygens (including phenoxy) is 3. The SMILES string of the molecule is CC(=O)OC1CC2C(=CC1O)C1CN2Cc2cc3c(cc21)OCO3. The lowest BCUT2D eigenvalue weighted by atomic mass is 9.82. The summed E-state index contributed by atoms with van der Waals surface area (Å²) in [5.74, 6) is 1.54. The minimum Gasteiger partial charge on any atom is -0.459 e. The molecular formula is C18H19NO5. The maximum absolute atomic E-state index is 11.3. The molecule has 1 aromatic carbocycles.